The number of thiol groups is 1. The van der Waals surface area contributed by atoms with Crippen LogP contribution in [0.1, 0.15) is 42.2 Å². The van der Waals surface area contributed by atoms with Crippen LogP contribution >= 0.6 is 12.6 Å². The van der Waals surface area contributed by atoms with Crippen molar-refractivity contribution < 1.29 is 14.4 Å². The SMILES string of the molecule is O=C(NCCS)c1ccc2c(c1)C(=O)c1ccccc1C2=O. The molecule has 0 saturated heterocycles. The highest BCUT2D eigenvalue weighted by Gasteiger charge is 2.29. The van der Waals surface area contributed by atoms with Gasteiger partial charge in [0.1, 0.15) is 0 Å². The van der Waals surface area contributed by atoms with Crippen molar-refractivity contribution in [2.45, 2.75) is 0 Å². The maximum Gasteiger partial charge on any atom is 0.251 e. The molecule has 1 aliphatic carbocycles. The third kappa shape index (κ3) is 2.33. The van der Waals surface area contributed by atoms with Crippen molar-refractivity contribution in [1.82, 2.24) is 5.32 Å². The zero-order chi connectivity index (χ0) is 15.7. The Labute approximate surface area is 132 Å². The number of benzene rings is 2. The largest absolute Gasteiger partial charge is 0.351 e. The first-order valence-electron chi connectivity index (χ1n) is 6.85. The van der Waals surface area contributed by atoms with Crippen molar-refractivity contribution in [2.24, 2.45) is 0 Å². The summed E-state index contributed by atoms with van der Waals surface area (Å²) in [6.07, 6.45) is 0. The van der Waals surface area contributed by atoms with Crippen LogP contribution in [0.2, 0.25) is 0 Å². The predicted molar refractivity (Wildman–Crippen MR) is 85.9 cm³/mol. The third-order valence-corrected chi connectivity index (χ3v) is 3.81. The van der Waals surface area contributed by atoms with Gasteiger partial charge in [-0.3, -0.25) is 14.4 Å². The number of ketones is 2. The maximum absolute atomic E-state index is 12.5. The fraction of sp³-hybridized carbons (Fsp3) is 0.118. The van der Waals surface area contributed by atoms with Crippen molar-refractivity contribution in [1.29, 1.82) is 0 Å². The predicted octanol–water partition coefficient (Wildman–Crippen LogP) is 2.12. The molecule has 4 nitrogen and oxygen atoms in total. The van der Waals surface area contributed by atoms with Crippen molar-refractivity contribution in [3.63, 3.8) is 0 Å². The van der Waals surface area contributed by atoms with Gasteiger partial charge >= 0.3 is 0 Å². The summed E-state index contributed by atoms with van der Waals surface area (Å²) >= 11 is 4.03. The van der Waals surface area contributed by atoms with E-state index in [9.17, 15) is 14.4 Å². The maximum atomic E-state index is 12.5. The molecule has 5 heteroatoms. The summed E-state index contributed by atoms with van der Waals surface area (Å²) in [5.74, 6) is -0.168. The highest BCUT2D eigenvalue weighted by atomic mass is 32.1. The zero-order valence-electron chi connectivity index (χ0n) is 11.6. The first-order valence-corrected chi connectivity index (χ1v) is 7.48. The van der Waals surface area contributed by atoms with Crippen LogP contribution in [-0.4, -0.2) is 29.8 Å². The Kier molecular flexibility index (Phi) is 3.81. The van der Waals surface area contributed by atoms with Gasteiger partial charge in [-0.05, 0) is 18.2 Å². The van der Waals surface area contributed by atoms with Crippen LogP contribution in [-0.2, 0) is 0 Å². The lowest BCUT2D eigenvalue weighted by atomic mass is 9.83. The van der Waals surface area contributed by atoms with Crippen LogP contribution in [0, 0.1) is 0 Å². The molecule has 1 amide bonds. The Morgan fingerprint density at radius 3 is 2.14 bits per heavy atom. The van der Waals surface area contributed by atoms with Crippen molar-refractivity contribution in [3.8, 4) is 0 Å². The summed E-state index contributed by atoms with van der Waals surface area (Å²) in [6, 6.07) is 11.3. The summed E-state index contributed by atoms with van der Waals surface area (Å²) < 4.78 is 0. The highest BCUT2D eigenvalue weighted by molar-refractivity contribution is 7.80. The molecule has 0 atom stereocenters. The Morgan fingerprint density at radius 2 is 1.50 bits per heavy atom. The Balaban J connectivity index is 2.04. The van der Waals surface area contributed by atoms with Gasteiger partial charge in [-0.1, -0.05) is 24.3 Å². The first kappa shape index (κ1) is 14.5. The third-order valence-electron chi connectivity index (χ3n) is 3.58. The van der Waals surface area contributed by atoms with Crippen molar-refractivity contribution >= 4 is 30.1 Å². The molecule has 0 bridgehead atoms. The van der Waals surface area contributed by atoms with Gasteiger partial charge < -0.3 is 5.32 Å². The molecule has 2 aromatic rings. The van der Waals surface area contributed by atoms with E-state index in [1.807, 2.05) is 0 Å². The minimum absolute atomic E-state index is 0.187. The summed E-state index contributed by atoms with van der Waals surface area (Å²) in [5, 5.41) is 2.69. The molecule has 0 fully saturated rings. The van der Waals surface area contributed by atoms with Gasteiger partial charge in [0.2, 0.25) is 0 Å². The molecule has 0 radical (unpaired) electrons. The molecule has 0 spiro atoms. The highest BCUT2D eigenvalue weighted by Crippen LogP contribution is 2.27. The molecule has 3 rings (SSSR count). The number of carbonyl (C=O) groups is 3. The molecule has 1 N–H and O–H groups in total. The standard InChI is InChI=1S/C17H13NO3S/c19-15-11-3-1-2-4-12(11)16(20)14-9-10(5-6-13(14)15)17(21)18-7-8-22/h1-6,9,22H,7-8H2,(H,18,21). The van der Waals surface area contributed by atoms with E-state index in [4.69, 9.17) is 0 Å². The second kappa shape index (κ2) is 5.77. The average molecular weight is 311 g/mol. The summed E-state index contributed by atoms with van der Waals surface area (Å²) in [7, 11) is 0. The Hall–Kier alpha value is -2.40. The van der Waals surface area contributed by atoms with Gasteiger partial charge in [0.05, 0.1) is 0 Å². The van der Waals surface area contributed by atoms with E-state index in [1.54, 1.807) is 36.4 Å². The van der Waals surface area contributed by atoms with Gasteiger partial charge in [0.25, 0.3) is 5.91 Å². The number of hydrogen-bond acceptors (Lipinski definition) is 4. The van der Waals surface area contributed by atoms with Gasteiger partial charge in [-0.25, -0.2) is 0 Å². The topological polar surface area (TPSA) is 63.2 Å². The van der Waals surface area contributed by atoms with Gasteiger partial charge in [0, 0.05) is 40.1 Å². The van der Waals surface area contributed by atoms with Crippen molar-refractivity contribution in [2.75, 3.05) is 12.3 Å². The molecule has 0 saturated carbocycles. The zero-order valence-corrected chi connectivity index (χ0v) is 12.5. The fourth-order valence-electron chi connectivity index (χ4n) is 2.51. The lowest BCUT2D eigenvalue weighted by molar-refractivity contribution is 0.0953. The normalized spacial score (nSPS) is 12.6. The van der Waals surface area contributed by atoms with Crippen molar-refractivity contribution in [3.05, 3.63) is 70.3 Å². The number of amides is 1. The first-order chi connectivity index (χ1) is 10.6. The molecular weight excluding hydrogens is 298 g/mol. The quantitative estimate of drug-likeness (QED) is 0.728. The van der Waals surface area contributed by atoms with Crippen LogP contribution in [0.4, 0.5) is 0 Å². The molecule has 2 aromatic carbocycles. The van der Waals surface area contributed by atoms with Crippen LogP contribution in [0.25, 0.3) is 0 Å². The lowest BCUT2D eigenvalue weighted by Crippen LogP contribution is -2.27. The Bertz CT molecular complexity index is 798. The van der Waals surface area contributed by atoms with Crippen LogP contribution in [0.15, 0.2) is 42.5 Å². The van der Waals surface area contributed by atoms with Gasteiger partial charge in [-0.15, -0.1) is 0 Å². The number of hydrogen-bond donors (Lipinski definition) is 2. The lowest BCUT2D eigenvalue weighted by Gasteiger charge is -2.17. The van der Waals surface area contributed by atoms with E-state index in [1.165, 1.54) is 6.07 Å². The van der Waals surface area contributed by atoms with Gasteiger partial charge in [-0.2, -0.15) is 12.6 Å². The molecule has 0 aliphatic heterocycles. The molecular formula is C17H13NO3S. The number of rotatable bonds is 3. The van der Waals surface area contributed by atoms with E-state index in [0.717, 1.165) is 0 Å². The van der Waals surface area contributed by atoms with Crippen LogP contribution in [0.5, 0.6) is 0 Å². The van der Waals surface area contributed by atoms with E-state index in [2.05, 4.69) is 17.9 Å². The van der Waals surface area contributed by atoms with E-state index in [-0.39, 0.29) is 23.0 Å². The van der Waals surface area contributed by atoms with Crippen LogP contribution in [0.3, 0.4) is 0 Å². The summed E-state index contributed by atoms with van der Waals surface area (Å²) in [6.45, 7) is 0.439. The fourth-order valence-corrected chi connectivity index (χ4v) is 2.62. The van der Waals surface area contributed by atoms with Crippen LogP contribution < -0.4 is 5.32 Å². The minimum Gasteiger partial charge on any atom is -0.351 e. The second-order valence-corrected chi connectivity index (χ2v) is 5.39. The summed E-state index contributed by atoms with van der Waals surface area (Å²) in [5.41, 5.74) is 1.78. The second-order valence-electron chi connectivity index (χ2n) is 4.94. The average Bonchev–Trinajstić information content (AvgIpc) is 2.57. The smallest absolute Gasteiger partial charge is 0.251 e. The minimum atomic E-state index is -0.282. The van der Waals surface area contributed by atoms with E-state index in [0.29, 0.717) is 34.6 Å². The monoisotopic (exact) mass is 311 g/mol. The molecule has 1 aliphatic rings. The molecule has 0 aromatic heterocycles. The number of nitrogens with one attached hydrogen (secondary N) is 1. The summed E-state index contributed by atoms with van der Waals surface area (Å²) in [4.78, 5) is 37.0. The van der Waals surface area contributed by atoms with Gasteiger partial charge in [0.15, 0.2) is 11.6 Å². The number of fused-ring (bicyclic) bond motifs is 2. The molecule has 22 heavy (non-hydrogen) atoms. The molecule has 0 unspecified atom stereocenters. The van der Waals surface area contributed by atoms with E-state index < -0.39 is 0 Å². The number of carbonyl (C=O) groups excluding carboxylic acids is 3. The molecule has 110 valence electrons. The Morgan fingerprint density at radius 1 is 0.909 bits per heavy atom. The molecule has 0 heterocycles. The van der Waals surface area contributed by atoms with E-state index >= 15 is 0 Å².